The first-order chi connectivity index (χ1) is 11.2. The number of hydrogen-bond acceptors (Lipinski definition) is 7. The largest absolute Gasteiger partial charge is 0.396 e. The monoisotopic (exact) mass is 334 g/mol. The molecule has 0 amide bonds. The van der Waals surface area contributed by atoms with E-state index in [4.69, 9.17) is 4.98 Å². The molecule has 0 radical (unpaired) electrons. The lowest BCUT2D eigenvalue weighted by Crippen LogP contribution is -2.25. The maximum atomic E-state index is 9.80. The van der Waals surface area contributed by atoms with Gasteiger partial charge in [-0.25, -0.2) is 4.98 Å². The van der Waals surface area contributed by atoms with Crippen LogP contribution in [0.1, 0.15) is 36.3 Å². The zero-order chi connectivity index (χ0) is 16.2. The highest BCUT2D eigenvalue weighted by Crippen LogP contribution is 2.32. The second kappa shape index (κ2) is 7.29. The van der Waals surface area contributed by atoms with E-state index in [0.29, 0.717) is 18.2 Å². The molecule has 0 aromatic carbocycles. The van der Waals surface area contributed by atoms with Crippen LogP contribution in [0.15, 0.2) is 11.5 Å². The number of aliphatic hydroxyl groups is 1. The number of aromatic amines is 1. The summed E-state index contributed by atoms with van der Waals surface area (Å²) in [6.45, 7) is 6.11. The van der Waals surface area contributed by atoms with Crippen molar-refractivity contribution >= 4 is 16.9 Å². The highest BCUT2D eigenvalue weighted by atomic mass is 32.1. The highest BCUT2D eigenvalue weighted by Gasteiger charge is 2.30. The van der Waals surface area contributed by atoms with Gasteiger partial charge in [0.2, 0.25) is 0 Å². The molecule has 124 valence electrons. The predicted molar refractivity (Wildman–Crippen MR) is 89.0 cm³/mol. The van der Waals surface area contributed by atoms with Crippen molar-refractivity contribution in [1.82, 2.24) is 30.9 Å². The number of aliphatic hydroxyl groups excluding tert-OH is 1. The first-order valence-corrected chi connectivity index (χ1v) is 8.75. The Hall–Kier alpha value is -1.64. The van der Waals surface area contributed by atoms with Crippen LogP contribution < -0.4 is 5.32 Å². The minimum Gasteiger partial charge on any atom is -0.396 e. The highest BCUT2D eigenvalue weighted by molar-refractivity contribution is 7.10. The van der Waals surface area contributed by atoms with E-state index < -0.39 is 0 Å². The van der Waals surface area contributed by atoms with Gasteiger partial charge >= 0.3 is 0 Å². The number of thiazole rings is 1. The molecule has 3 rings (SSSR count). The van der Waals surface area contributed by atoms with E-state index in [-0.39, 0.29) is 18.4 Å². The molecule has 8 heteroatoms. The number of nitrogens with zero attached hydrogens (tertiary/aromatic N) is 4. The summed E-state index contributed by atoms with van der Waals surface area (Å²) < 4.78 is 0. The average Bonchev–Trinajstić information content (AvgIpc) is 3.28. The number of aromatic nitrogens is 5. The minimum absolute atomic E-state index is 0.00406. The van der Waals surface area contributed by atoms with Crippen LogP contribution in [0, 0.1) is 11.8 Å². The van der Waals surface area contributed by atoms with E-state index >= 15 is 0 Å². The number of rotatable bonds is 7. The molecule has 7 nitrogen and oxygen atoms in total. The van der Waals surface area contributed by atoms with Gasteiger partial charge in [-0.15, -0.1) is 21.5 Å². The Labute approximate surface area is 139 Å². The van der Waals surface area contributed by atoms with Crippen LogP contribution in [0.4, 0.5) is 0 Å². The Bertz CT molecular complexity index is 651. The molecule has 0 bridgehead atoms. The first kappa shape index (κ1) is 16.2. The van der Waals surface area contributed by atoms with Gasteiger partial charge in [0.25, 0.3) is 0 Å². The summed E-state index contributed by atoms with van der Waals surface area (Å²) in [5, 5.41) is 30.7. The van der Waals surface area contributed by atoms with Crippen molar-refractivity contribution in [2.75, 3.05) is 19.7 Å². The fourth-order valence-electron chi connectivity index (χ4n) is 2.97. The van der Waals surface area contributed by atoms with Crippen LogP contribution in [0.25, 0.3) is 5.57 Å². The lowest BCUT2D eigenvalue weighted by molar-refractivity contribution is 0.160. The molecular formula is C15H22N6OS. The third-order valence-electron chi connectivity index (χ3n) is 4.34. The van der Waals surface area contributed by atoms with Crippen molar-refractivity contribution in [1.29, 1.82) is 0 Å². The topological polar surface area (TPSA) is 99.6 Å². The molecule has 2 aromatic heterocycles. The summed E-state index contributed by atoms with van der Waals surface area (Å²) in [4.78, 5) is 4.76. The Kier molecular flexibility index (Phi) is 5.14. The zero-order valence-corrected chi connectivity index (χ0v) is 14.2. The van der Waals surface area contributed by atoms with E-state index in [1.807, 2.05) is 0 Å². The van der Waals surface area contributed by atoms with Gasteiger partial charge in [-0.05, 0) is 17.4 Å². The predicted octanol–water partition coefficient (Wildman–Crippen LogP) is 1.23. The van der Waals surface area contributed by atoms with E-state index in [9.17, 15) is 5.11 Å². The standard InChI is InChI=1S/C15H22N6OS/c1-9(2)13(7-22)12(14-18-20-21-19-14)5-11-8-23-15(17-11)10-3-4-16-6-10/h3,8-9,12-13,16,22H,4-7H2,1-2H3,(H,18,19,20,21). The molecule has 0 saturated heterocycles. The second-order valence-corrected chi connectivity index (χ2v) is 7.03. The molecule has 0 spiro atoms. The smallest absolute Gasteiger partial charge is 0.178 e. The average molecular weight is 334 g/mol. The summed E-state index contributed by atoms with van der Waals surface area (Å²) >= 11 is 1.67. The van der Waals surface area contributed by atoms with Crippen LogP contribution in [-0.2, 0) is 6.42 Å². The molecule has 1 aliphatic rings. The fourth-order valence-corrected chi connectivity index (χ4v) is 3.85. The van der Waals surface area contributed by atoms with Crippen molar-refractivity contribution in [2.24, 2.45) is 11.8 Å². The van der Waals surface area contributed by atoms with Gasteiger partial charge in [0.1, 0.15) is 5.01 Å². The quantitative estimate of drug-likeness (QED) is 0.704. The van der Waals surface area contributed by atoms with Gasteiger partial charge in [-0.1, -0.05) is 25.1 Å². The van der Waals surface area contributed by atoms with Crippen molar-refractivity contribution in [3.8, 4) is 0 Å². The SMILES string of the molecule is CC(C)C(CO)C(Cc1csc(C2=CCNC2)n1)c1nn[nH]n1. The summed E-state index contributed by atoms with van der Waals surface area (Å²) in [5.41, 5.74) is 2.28. The Morgan fingerprint density at radius 2 is 2.26 bits per heavy atom. The van der Waals surface area contributed by atoms with E-state index in [0.717, 1.165) is 23.8 Å². The van der Waals surface area contributed by atoms with Crippen LogP contribution in [0.2, 0.25) is 0 Å². The van der Waals surface area contributed by atoms with E-state index in [1.54, 1.807) is 11.3 Å². The normalized spacial score (nSPS) is 17.5. The third kappa shape index (κ3) is 3.65. The molecule has 0 aliphatic carbocycles. The first-order valence-electron chi connectivity index (χ1n) is 7.87. The molecule has 23 heavy (non-hydrogen) atoms. The lowest BCUT2D eigenvalue weighted by Gasteiger charge is -2.25. The molecule has 2 unspecified atom stereocenters. The Morgan fingerprint density at radius 1 is 1.39 bits per heavy atom. The van der Waals surface area contributed by atoms with Crippen LogP contribution >= 0.6 is 11.3 Å². The zero-order valence-electron chi connectivity index (χ0n) is 13.4. The number of hydrogen-bond donors (Lipinski definition) is 3. The Morgan fingerprint density at radius 3 is 2.87 bits per heavy atom. The third-order valence-corrected chi connectivity index (χ3v) is 5.31. The maximum Gasteiger partial charge on any atom is 0.178 e. The Balaban J connectivity index is 1.81. The van der Waals surface area contributed by atoms with Crippen molar-refractivity contribution in [3.63, 3.8) is 0 Å². The molecule has 3 N–H and O–H groups in total. The summed E-state index contributed by atoms with van der Waals surface area (Å²) in [6.07, 6.45) is 2.89. The van der Waals surface area contributed by atoms with Crippen molar-refractivity contribution in [2.45, 2.75) is 26.2 Å². The molecule has 2 atom stereocenters. The van der Waals surface area contributed by atoms with Crippen LogP contribution in [0.5, 0.6) is 0 Å². The van der Waals surface area contributed by atoms with Gasteiger partial charge in [0.15, 0.2) is 5.82 Å². The van der Waals surface area contributed by atoms with Gasteiger partial charge in [-0.3, -0.25) is 0 Å². The number of nitrogens with one attached hydrogen (secondary N) is 2. The number of H-pyrrole nitrogens is 1. The maximum absolute atomic E-state index is 9.80. The molecular weight excluding hydrogens is 312 g/mol. The van der Waals surface area contributed by atoms with Gasteiger partial charge in [-0.2, -0.15) is 5.21 Å². The van der Waals surface area contributed by atoms with Crippen molar-refractivity contribution < 1.29 is 5.11 Å². The van der Waals surface area contributed by atoms with Gasteiger partial charge in [0.05, 0.1) is 5.69 Å². The molecule has 1 aliphatic heterocycles. The summed E-state index contributed by atoms with van der Waals surface area (Å²) in [7, 11) is 0. The van der Waals surface area contributed by atoms with E-state index in [1.165, 1.54) is 5.57 Å². The fraction of sp³-hybridized carbons (Fsp3) is 0.600. The molecule has 0 fully saturated rings. The van der Waals surface area contributed by atoms with Crippen LogP contribution in [0.3, 0.4) is 0 Å². The van der Waals surface area contributed by atoms with Gasteiger partial charge < -0.3 is 10.4 Å². The number of tetrazole rings is 1. The molecule has 2 aromatic rings. The molecule has 0 saturated carbocycles. The lowest BCUT2D eigenvalue weighted by atomic mass is 9.81. The van der Waals surface area contributed by atoms with E-state index in [2.05, 4.69) is 51.2 Å². The van der Waals surface area contributed by atoms with Crippen LogP contribution in [-0.4, -0.2) is 50.4 Å². The van der Waals surface area contributed by atoms with Crippen molar-refractivity contribution in [3.05, 3.63) is 28.0 Å². The second-order valence-electron chi connectivity index (χ2n) is 6.18. The molecule has 3 heterocycles. The summed E-state index contributed by atoms with van der Waals surface area (Å²) in [6, 6.07) is 0. The van der Waals surface area contributed by atoms with Gasteiger partial charge in [0, 0.05) is 37.4 Å². The minimum atomic E-state index is 0.00406. The summed E-state index contributed by atoms with van der Waals surface area (Å²) in [5.74, 6) is 1.05.